The van der Waals surface area contributed by atoms with Crippen molar-refractivity contribution in [2.45, 2.75) is 0 Å². The number of hydrogen-bond donors (Lipinski definition) is 2. The largest absolute Gasteiger partial charge is 0.497 e. The van der Waals surface area contributed by atoms with Crippen LogP contribution in [0.15, 0.2) is 83.3 Å². The van der Waals surface area contributed by atoms with E-state index in [0.717, 1.165) is 0 Å². The lowest BCUT2D eigenvalue weighted by Gasteiger charge is -2.08. The second-order valence-corrected chi connectivity index (χ2v) is 6.31. The van der Waals surface area contributed by atoms with Gasteiger partial charge < -0.3 is 19.8 Å². The highest BCUT2D eigenvalue weighted by molar-refractivity contribution is 6.16. The van der Waals surface area contributed by atoms with Crippen LogP contribution in [0.2, 0.25) is 0 Å². The van der Waals surface area contributed by atoms with Gasteiger partial charge in [-0.1, -0.05) is 36.4 Å². The zero-order valence-electron chi connectivity index (χ0n) is 15.6. The van der Waals surface area contributed by atoms with Gasteiger partial charge in [0.05, 0.1) is 7.11 Å². The van der Waals surface area contributed by atoms with Gasteiger partial charge in [-0.2, -0.15) is 0 Å². The number of para-hydroxylation sites is 2. The minimum absolute atomic E-state index is 0.0336. The predicted octanol–water partition coefficient (Wildman–Crippen LogP) is 4.95. The highest BCUT2D eigenvalue weighted by atomic mass is 16.5. The van der Waals surface area contributed by atoms with Crippen molar-refractivity contribution in [3.63, 3.8) is 0 Å². The van der Waals surface area contributed by atoms with Crippen LogP contribution in [-0.4, -0.2) is 18.9 Å². The SMILES string of the molecule is COc1cccc(C(=O)Nc2c(C(=O)Nc3ccccc3)oc3ccccc23)c1. The fourth-order valence-electron chi connectivity index (χ4n) is 2.99. The predicted molar refractivity (Wildman–Crippen MR) is 112 cm³/mol. The number of anilines is 2. The molecular weight excluding hydrogens is 368 g/mol. The number of nitrogens with one attached hydrogen (secondary N) is 2. The number of carbonyl (C=O) groups is 2. The zero-order valence-corrected chi connectivity index (χ0v) is 15.6. The molecule has 0 saturated carbocycles. The Hall–Kier alpha value is -4.06. The fourth-order valence-corrected chi connectivity index (χ4v) is 2.99. The van der Waals surface area contributed by atoms with Crippen LogP contribution in [0.5, 0.6) is 5.75 Å². The summed E-state index contributed by atoms with van der Waals surface area (Å²) < 4.78 is 10.9. The first kappa shape index (κ1) is 18.3. The molecular formula is C23H18N2O4. The van der Waals surface area contributed by atoms with Gasteiger partial charge in [-0.15, -0.1) is 0 Å². The fraction of sp³-hybridized carbons (Fsp3) is 0.0435. The molecule has 2 N–H and O–H groups in total. The van der Waals surface area contributed by atoms with E-state index >= 15 is 0 Å². The van der Waals surface area contributed by atoms with E-state index in [0.29, 0.717) is 33.7 Å². The van der Waals surface area contributed by atoms with Crippen LogP contribution in [0.1, 0.15) is 20.9 Å². The van der Waals surface area contributed by atoms with Crippen molar-refractivity contribution in [3.8, 4) is 5.75 Å². The maximum absolute atomic E-state index is 12.8. The maximum Gasteiger partial charge on any atom is 0.293 e. The Kier molecular flexibility index (Phi) is 4.99. The molecule has 0 aliphatic heterocycles. The highest BCUT2D eigenvalue weighted by Gasteiger charge is 2.23. The first-order chi connectivity index (χ1) is 14.2. The summed E-state index contributed by atoms with van der Waals surface area (Å²) in [6.07, 6.45) is 0. The molecule has 0 saturated heterocycles. The summed E-state index contributed by atoms with van der Waals surface area (Å²) in [5.74, 6) is -0.222. The van der Waals surface area contributed by atoms with Crippen molar-refractivity contribution >= 4 is 34.2 Å². The number of hydrogen-bond acceptors (Lipinski definition) is 4. The lowest BCUT2D eigenvalue weighted by atomic mass is 10.1. The molecule has 29 heavy (non-hydrogen) atoms. The van der Waals surface area contributed by atoms with Gasteiger partial charge in [0.1, 0.15) is 17.0 Å². The molecule has 144 valence electrons. The quantitative estimate of drug-likeness (QED) is 0.509. The molecule has 2 amide bonds. The molecule has 4 rings (SSSR count). The van der Waals surface area contributed by atoms with E-state index in [-0.39, 0.29) is 11.7 Å². The molecule has 0 fully saturated rings. The number of ether oxygens (including phenoxy) is 1. The molecule has 3 aromatic carbocycles. The van der Waals surface area contributed by atoms with E-state index in [1.54, 1.807) is 54.6 Å². The van der Waals surface area contributed by atoms with E-state index in [1.807, 2.05) is 24.3 Å². The van der Waals surface area contributed by atoms with E-state index in [1.165, 1.54) is 7.11 Å². The van der Waals surface area contributed by atoms with Crippen LogP contribution < -0.4 is 15.4 Å². The summed E-state index contributed by atoms with van der Waals surface area (Å²) in [5.41, 5.74) is 1.86. The summed E-state index contributed by atoms with van der Waals surface area (Å²) in [7, 11) is 1.53. The van der Waals surface area contributed by atoms with Gasteiger partial charge in [0.2, 0.25) is 5.76 Å². The molecule has 0 aliphatic carbocycles. The molecule has 1 heterocycles. The van der Waals surface area contributed by atoms with Crippen LogP contribution in [0.3, 0.4) is 0 Å². The maximum atomic E-state index is 12.8. The third-order valence-corrected chi connectivity index (χ3v) is 4.40. The number of fused-ring (bicyclic) bond motifs is 1. The third kappa shape index (κ3) is 3.82. The van der Waals surface area contributed by atoms with Crippen molar-refractivity contribution in [2.75, 3.05) is 17.7 Å². The number of benzene rings is 3. The smallest absolute Gasteiger partial charge is 0.293 e. The second-order valence-electron chi connectivity index (χ2n) is 6.31. The molecule has 0 bridgehead atoms. The minimum Gasteiger partial charge on any atom is -0.497 e. The monoisotopic (exact) mass is 386 g/mol. The molecule has 0 aliphatic rings. The summed E-state index contributed by atoms with van der Waals surface area (Å²) in [6, 6.07) is 23.0. The topological polar surface area (TPSA) is 80.6 Å². The summed E-state index contributed by atoms with van der Waals surface area (Å²) in [6.45, 7) is 0. The van der Waals surface area contributed by atoms with Crippen LogP contribution in [0, 0.1) is 0 Å². The molecule has 0 spiro atoms. The number of carbonyl (C=O) groups excluding carboxylic acids is 2. The average Bonchev–Trinajstić information content (AvgIpc) is 3.13. The first-order valence-electron chi connectivity index (χ1n) is 8.99. The Morgan fingerprint density at radius 1 is 0.828 bits per heavy atom. The van der Waals surface area contributed by atoms with Gasteiger partial charge in [0.25, 0.3) is 11.8 Å². The van der Waals surface area contributed by atoms with E-state index in [9.17, 15) is 9.59 Å². The summed E-state index contributed by atoms with van der Waals surface area (Å²) in [4.78, 5) is 25.7. The molecule has 6 nitrogen and oxygen atoms in total. The van der Waals surface area contributed by atoms with Gasteiger partial charge in [0.15, 0.2) is 0 Å². The number of rotatable bonds is 5. The average molecular weight is 386 g/mol. The summed E-state index contributed by atoms with van der Waals surface area (Å²) >= 11 is 0. The van der Waals surface area contributed by atoms with Crippen molar-refractivity contribution in [2.24, 2.45) is 0 Å². The lowest BCUT2D eigenvalue weighted by molar-refractivity contribution is 0.0999. The van der Waals surface area contributed by atoms with Gasteiger partial charge in [-0.3, -0.25) is 9.59 Å². The highest BCUT2D eigenvalue weighted by Crippen LogP contribution is 2.32. The van der Waals surface area contributed by atoms with E-state index in [4.69, 9.17) is 9.15 Å². The van der Waals surface area contributed by atoms with Gasteiger partial charge >= 0.3 is 0 Å². The molecule has 0 atom stereocenters. The number of methoxy groups -OCH3 is 1. The summed E-state index contributed by atoms with van der Waals surface area (Å²) in [5, 5.41) is 6.25. The van der Waals surface area contributed by atoms with Gasteiger partial charge in [-0.05, 0) is 42.5 Å². The normalized spacial score (nSPS) is 10.5. The standard InChI is InChI=1S/C23H18N2O4/c1-28-17-11-7-8-15(14-17)22(26)25-20-18-12-5-6-13-19(18)29-21(20)23(27)24-16-9-3-2-4-10-16/h2-14H,1H3,(H,24,27)(H,25,26). The number of amides is 2. The molecule has 4 aromatic rings. The van der Waals surface area contributed by atoms with Gasteiger partial charge in [-0.25, -0.2) is 0 Å². The lowest BCUT2D eigenvalue weighted by Crippen LogP contribution is -2.17. The van der Waals surface area contributed by atoms with Crippen LogP contribution in [0.4, 0.5) is 11.4 Å². The zero-order chi connectivity index (χ0) is 20.2. The molecule has 0 radical (unpaired) electrons. The third-order valence-electron chi connectivity index (χ3n) is 4.40. The van der Waals surface area contributed by atoms with Crippen LogP contribution >= 0.6 is 0 Å². The minimum atomic E-state index is -0.451. The van der Waals surface area contributed by atoms with E-state index < -0.39 is 5.91 Å². The Labute approximate surface area is 167 Å². The molecule has 0 unspecified atom stereocenters. The Bertz CT molecular complexity index is 1180. The van der Waals surface area contributed by atoms with Crippen molar-refractivity contribution in [1.82, 2.24) is 0 Å². The van der Waals surface area contributed by atoms with Crippen molar-refractivity contribution < 1.29 is 18.7 Å². The second kappa shape index (κ2) is 7.90. The molecule has 1 aromatic heterocycles. The Balaban J connectivity index is 1.69. The van der Waals surface area contributed by atoms with Crippen LogP contribution in [-0.2, 0) is 0 Å². The Morgan fingerprint density at radius 3 is 2.38 bits per heavy atom. The van der Waals surface area contributed by atoms with Crippen molar-refractivity contribution in [1.29, 1.82) is 0 Å². The first-order valence-corrected chi connectivity index (χ1v) is 8.99. The van der Waals surface area contributed by atoms with E-state index in [2.05, 4.69) is 10.6 Å². The van der Waals surface area contributed by atoms with Crippen LogP contribution in [0.25, 0.3) is 11.0 Å². The number of furan rings is 1. The Morgan fingerprint density at radius 2 is 1.59 bits per heavy atom. The van der Waals surface area contributed by atoms with Crippen molar-refractivity contribution in [3.05, 3.63) is 90.2 Å². The molecule has 6 heteroatoms. The van der Waals surface area contributed by atoms with Gasteiger partial charge in [0, 0.05) is 16.6 Å².